The molecule has 0 N–H and O–H groups in total. The summed E-state index contributed by atoms with van der Waals surface area (Å²) in [6.07, 6.45) is 5.17. The van der Waals surface area contributed by atoms with E-state index in [-0.39, 0.29) is 5.60 Å². The molecule has 4 nitrogen and oxygen atoms in total. The van der Waals surface area contributed by atoms with Gasteiger partial charge in [-0.1, -0.05) is 16.8 Å². The average molecular weight is 284 g/mol. The molecule has 2 aliphatic rings. The van der Waals surface area contributed by atoms with Gasteiger partial charge >= 0.3 is 0 Å². The normalized spacial score (nSPS) is 27.8. The zero-order chi connectivity index (χ0) is 14.3. The van der Waals surface area contributed by atoms with Gasteiger partial charge in [-0.05, 0) is 38.4 Å². The Bertz CT molecular complexity index is 634. The Morgan fingerprint density at radius 1 is 1.24 bits per heavy atom. The second-order valence-electron chi connectivity index (χ2n) is 6.29. The molecule has 2 atom stereocenters. The molecule has 2 fully saturated rings. The Morgan fingerprint density at radius 2 is 2.19 bits per heavy atom. The van der Waals surface area contributed by atoms with Crippen LogP contribution in [0.15, 0.2) is 35.0 Å². The van der Waals surface area contributed by atoms with Crippen molar-refractivity contribution < 1.29 is 9.26 Å². The Kier molecular flexibility index (Phi) is 3.00. The molecule has 2 aliphatic heterocycles. The molecular weight excluding hydrogens is 264 g/mol. The maximum absolute atomic E-state index is 6.51. The Hall–Kier alpha value is -1.81. The third-order valence-corrected chi connectivity index (χ3v) is 4.67. The number of aromatic nitrogens is 1. The lowest BCUT2D eigenvalue weighted by atomic mass is 9.94. The first-order chi connectivity index (χ1) is 10.2. The number of piperidine rings is 1. The highest BCUT2D eigenvalue weighted by Gasteiger charge is 2.43. The predicted octanol–water partition coefficient (Wildman–Crippen LogP) is 3.27. The van der Waals surface area contributed by atoms with E-state index in [4.69, 9.17) is 9.26 Å². The molecule has 110 valence electrons. The van der Waals surface area contributed by atoms with Gasteiger partial charge in [0, 0.05) is 25.6 Å². The lowest BCUT2D eigenvalue weighted by molar-refractivity contribution is 0.0457. The minimum Gasteiger partial charge on any atom is -0.485 e. The minimum absolute atomic E-state index is 0.0116. The van der Waals surface area contributed by atoms with Crippen molar-refractivity contribution >= 4 is 0 Å². The van der Waals surface area contributed by atoms with Gasteiger partial charge < -0.3 is 9.26 Å². The zero-order valence-electron chi connectivity index (χ0n) is 12.3. The van der Waals surface area contributed by atoms with Crippen LogP contribution in [0.3, 0.4) is 0 Å². The van der Waals surface area contributed by atoms with Crippen LogP contribution in [0.2, 0.25) is 0 Å². The van der Waals surface area contributed by atoms with Crippen molar-refractivity contribution in [3.63, 3.8) is 0 Å². The van der Waals surface area contributed by atoms with E-state index in [1.165, 1.54) is 18.5 Å². The van der Waals surface area contributed by atoms with Crippen LogP contribution in [-0.4, -0.2) is 35.3 Å². The Balaban J connectivity index is 1.69. The molecule has 4 heteroatoms. The van der Waals surface area contributed by atoms with E-state index in [0.717, 1.165) is 43.0 Å². The van der Waals surface area contributed by atoms with E-state index in [2.05, 4.69) is 35.2 Å². The van der Waals surface area contributed by atoms with Crippen LogP contribution in [0.4, 0.5) is 0 Å². The first-order valence-corrected chi connectivity index (χ1v) is 7.67. The standard InChI is InChI=1S/C17H20N2O2/c1-13-3-4-15(14(11-13)16-5-8-18-21-16)20-17-6-2-9-19(12-17)10-7-17/h3-5,8,11H,2,6-7,9-10,12H2,1H3. The number of benzene rings is 1. The summed E-state index contributed by atoms with van der Waals surface area (Å²) in [5.41, 5.74) is 2.19. The lowest BCUT2D eigenvalue weighted by Crippen LogP contribution is -2.43. The number of hydrogen-bond acceptors (Lipinski definition) is 4. The van der Waals surface area contributed by atoms with Crippen LogP contribution in [0, 0.1) is 6.92 Å². The fourth-order valence-corrected chi connectivity index (χ4v) is 3.59. The van der Waals surface area contributed by atoms with E-state index in [9.17, 15) is 0 Å². The number of hydrogen-bond donors (Lipinski definition) is 0. The summed E-state index contributed by atoms with van der Waals surface area (Å²) in [4.78, 5) is 2.51. The first-order valence-electron chi connectivity index (χ1n) is 7.67. The molecular formula is C17H20N2O2. The third-order valence-electron chi connectivity index (χ3n) is 4.67. The number of ether oxygens (including phenoxy) is 1. The summed E-state index contributed by atoms with van der Waals surface area (Å²) < 4.78 is 11.9. The minimum atomic E-state index is -0.0116. The van der Waals surface area contributed by atoms with Crippen molar-refractivity contribution in [3.8, 4) is 17.1 Å². The smallest absolute Gasteiger partial charge is 0.170 e. The molecule has 2 saturated heterocycles. The monoisotopic (exact) mass is 284 g/mol. The largest absolute Gasteiger partial charge is 0.485 e. The SMILES string of the molecule is Cc1ccc(OC23CCCN(CC2)C3)c(-c2ccno2)c1. The van der Waals surface area contributed by atoms with E-state index >= 15 is 0 Å². The van der Waals surface area contributed by atoms with Gasteiger partial charge in [0.25, 0.3) is 0 Å². The highest BCUT2D eigenvalue weighted by Crippen LogP contribution is 2.39. The van der Waals surface area contributed by atoms with Crippen molar-refractivity contribution in [1.29, 1.82) is 0 Å². The van der Waals surface area contributed by atoms with E-state index in [1.807, 2.05) is 6.07 Å². The summed E-state index contributed by atoms with van der Waals surface area (Å²) in [6.45, 7) is 5.51. The van der Waals surface area contributed by atoms with Crippen LogP contribution in [0.5, 0.6) is 5.75 Å². The third kappa shape index (κ3) is 2.33. The van der Waals surface area contributed by atoms with Gasteiger partial charge in [0.2, 0.25) is 0 Å². The molecule has 0 saturated carbocycles. The van der Waals surface area contributed by atoms with Crippen LogP contribution < -0.4 is 4.74 Å². The molecule has 4 rings (SSSR count). The summed E-state index contributed by atoms with van der Waals surface area (Å²) >= 11 is 0. The molecule has 0 spiro atoms. The number of aryl methyl sites for hydroxylation is 1. The van der Waals surface area contributed by atoms with Crippen LogP contribution in [0.25, 0.3) is 11.3 Å². The summed E-state index contributed by atoms with van der Waals surface area (Å²) in [7, 11) is 0. The lowest BCUT2D eigenvalue weighted by Gasteiger charge is -2.35. The van der Waals surface area contributed by atoms with Crippen molar-refractivity contribution in [2.24, 2.45) is 0 Å². The zero-order valence-corrected chi connectivity index (χ0v) is 12.3. The van der Waals surface area contributed by atoms with Crippen molar-refractivity contribution in [1.82, 2.24) is 10.1 Å². The number of nitrogens with zero attached hydrogens (tertiary/aromatic N) is 2. The van der Waals surface area contributed by atoms with E-state index in [1.54, 1.807) is 6.20 Å². The second kappa shape index (κ2) is 4.88. The van der Waals surface area contributed by atoms with E-state index < -0.39 is 0 Å². The molecule has 2 aromatic rings. The summed E-state index contributed by atoms with van der Waals surface area (Å²) in [6, 6.07) is 8.17. The average Bonchev–Trinajstić information content (AvgIpc) is 3.10. The van der Waals surface area contributed by atoms with Gasteiger partial charge in [-0.3, -0.25) is 4.90 Å². The topological polar surface area (TPSA) is 38.5 Å². The molecule has 0 radical (unpaired) electrons. The first kappa shape index (κ1) is 12.9. The van der Waals surface area contributed by atoms with Crippen LogP contribution in [-0.2, 0) is 0 Å². The van der Waals surface area contributed by atoms with Crippen molar-refractivity contribution in [3.05, 3.63) is 36.0 Å². The van der Waals surface area contributed by atoms with Gasteiger partial charge in [0.1, 0.15) is 11.4 Å². The highest BCUT2D eigenvalue weighted by molar-refractivity contribution is 5.66. The van der Waals surface area contributed by atoms with Crippen LogP contribution >= 0.6 is 0 Å². The predicted molar refractivity (Wildman–Crippen MR) is 80.3 cm³/mol. The maximum atomic E-state index is 6.51. The molecule has 0 aliphatic carbocycles. The quantitative estimate of drug-likeness (QED) is 0.867. The molecule has 0 amide bonds. The fraction of sp³-hybridized carbons (Fsp3) is 0.471. The van der Waals surface area contributed by atoms with Gasteiger partial charge in [0.15, 0.2) is 5.76 Å². The van der Waals surface area contributed by atoms with Crippen molar-refractivity contribution in [2.45, 2.75) is 31.8 Å². The summed E-state index contributed by atoms with van der Waals surface area (Å²) in [5, 5.41) is 3.82. The Labute approximate surface area is 124 Å². The van der Waals surface area contributed by atoms with E-state index in [0.29, 0.717) is 0 Å². The number of fused-ring (bicyclic) bond motifs is 2. The molecule has 21 heavy (non-hydrogen) atoms. The molecule has 3 heterocycles. The summed E-state index contributed by atoms with van der Waals surface area (Å²) in [5.74, 6) is 1.69. The maximum Gasteiger partial charge on any atom is 0.170 e. The molecule has 2 bridgehead atoms. The molecule has 2 unspecified atom stereocenters. The Morgan fingerprint density at radius 3 is 3.05 bits per heavy atom. The molecule has 1 aromatic heterocycles. The molecule has 1 aromatic carbocycles. The second-order valence-corrected chi connectivity index (χ2v) is 6.29. The van der Waals surface area contributed by atoms with Crippen molar-refractivity contribution in [2.75, 3.05) is 19.6 Å². The van der Waals surface area contributed by atoms with Crippen LogP contribution in [0.1, 0.15) is 24.8 Å². The fourth-order valence-electron chi connectivity index (χ4n) is 3.59. The van der Waals surface area contributed by atoms with Gasteiger partial charge in [-0.2, -0.15) is 0 Å². The van der Waals surface area contributed by atoms with Gasteiger partial charge in [-0.15, -0.1) is 0 Å². The number of rotatable bonds is 3. The highest BCUT2D eigenvalue weighted by atomic mass is 16.5. The van der Waals surface area contributed by atoms with Gasteiger partial charge in [-0.25, -0.2) is 0 Å². The van der Waals surface area contributed by atoms with Gasteiger partial charge in [0.05, 0.1) is 11.8 Å².